The molecule has 1 amide bonds. The first-order valence-corrected chi connectivity index (χ1v) is 6.33. The van der Waals surface area contributed by atoms with Crippen molar-refractivity contribution in [3.05, 3.63) is 23.0 Å². The average Bonchev–Trinajstić information content (AvgIpc) is 3.13. The van der Waals surface area contributed by atoms with Crippen LogP contribution < -0.4 is 10.6 Å². The van der Waals surface area contributed by atoms with Gasteiger partial charge in [-0.15, -0.1) is 0 Å². The Bertz CT molecular complexity index is 455. The Morgan fingerprint density at radius 1 is 1.29 bits per heavy atom. The summed E-state index contributed by atoms with van der Waals surface area (Å²) in [4.78, 5) is 16.0. The molecule has 4 nitrogen and oxygen atoms in total. The summed E-state index contributed by atoms with van der Waals surface area (Å²) in [7, 11) is 0. The van der Waals surface area contributed by atoms with Gasteiger partial charge in [0.25, 0.3) is 5.91 Å². The maximum absolute atomic E-state index is 12.0. The Morgan fingerprint density at radius 3 is 2.65 bits per heavy atom. The van der Waals surface area contributed by atoms with E-state index in [0.29, 0.717) is 22.8 Å². The maximum atomic E-state index is 12.0. The van der Waals surface area contributed by atoms with Crippen LogP contribution >= 0.6 is 11.6 Å². The van der Waals surface area contributed by atoms with Crippen LogP contribution in [0.5, 0.6) is 0 Å². The molecule has 17 heavy (non-hydrogen) atoms. The summed E-state index contributed by atoms with van der Waals surface area (Å²) in [5.41, 5.74) is 1.39. The Hall–Kier alpha value is -1.29. The molecule has 2 N–H and O–H groups in total. The van der Waals surface area contributed by atoms with E-state index < -0.39 is 0 Å². The highest BCUT2D eigenvalue weighted by atomic mass is 35.5. The lowest BCUT2D eigenvalue weighted by atomic mass is 10.2. The van der Waals surface area contributed by atoms with Crippen LogP contribution in [0.25, 0.3) is 0 Å². The Labute approximate surface area is 105 Å². The van der Waals surface area contributed by atoms with E-state index >= 15 is 0 Å². The van der Waals surface area contributed by atoms with Crippen LogP contribution in [0.4, 0.5) is 5.69 Å². The van der Waals surface area contributed by atoms with Gasteiger partial charge in [0.1, 0.15) is 5.15 Å². The van der Waals surface area contributed by atoms with Crippen LogP contribution in [0, 0.1) is 0 Å². The minimum atomic E-state index is -0.0557. The van der Waals surface area contributed by atoms with Crippen molar-refractivity contribution in [2.75, 3.05) is 5.32 Å². The summed E-state index contributed by atoms with van der Waals surface area (Å²) in [5, 5.41) is 6.69. The third kappa shape index (κ3) is 2.69. The van der Waals surface area contributed by atoms with Crippen molar-refractivity contribution in [2.45, 2.75) is 37.8 Å². The highest BCUT2D eigenvalue weighted by molar-refractivity contribution is 6.29. The van der Waals surface area contributed by atoms with E-state index in [2.05, 4.69) is 15.6 Å². The molecule has 0 aromatic carbocycles. The zero-order chi connectivity index (χ0) is 11.8. The molecule has 0 aliphatic heterocycles. The van der Waals surface area contributed by atoms with Crippen molar-refractivity contribution in [2.24, 2.45) is 0 Å². The molecular weight excluding hydrogens is 238 g/mol. The van der Waals surface area contributed by atoms with E-state index in [9.17, 15) is 4.79 Å². The number of hydrogen-bond donors (Lipinski definition) is 2. The van der Waals surface area contributed by atoms with Crippen molar-refractivity contribution in [3.8, 4) is 0 Å². The van der Waals surface area contributed by atoms with Gasteiger partial charge >= 0.3 is 0 Å². The van der Waals surface area contributed by atoms with Crippen molar-refractivity contribution in [1.82, 2.24) is 10.3 Å². The topological polar surface area (TPSA) is 54.0 Å². The van der Waals surface area contributed by atoms with Crippen LogP contribution in [0.15, 0.2) is 12.3 Å². The van der Waals surface area contributed by atoms with E-state index in [-0.39, 0.29) is 5.91 Å². The number of rotatable bonds is 4. The number of carbonyl (C=O) groups is 1. The van der Waals surface area contributed by atoms with Crippen LogP contribution in [0.2, 0.25) is 5.15 Å². The fourth-order valence-corrected chi connectivity index (χ4v) is 1.83. The van der Waals surface area contributed by atoms with Gasteiger partial charge in [0.2, 0.25) is 0 Å². The average molecular weight is 252 g/mol. The molecule has 2 aliphatic rings. The number of aromatic nitrogens is 1. The molecular formula is C12H14ClN3O. The second-order valence-corrected chi connectivity index (χ2v) is 5.11. The summed E-state index contributed by atoms with van der Waals surface area (Å²) < 4.78 is 0. The monoisotopic (exact) mass is 251 g/mol. The van der Waals surface area contributed by atoms with Gasteiger partial charge in [-0.3, -0.25) is 4.79 Å². The summed E-state index contributed by atoms with van der Waals surface area (Å²) in [6.45, 7) is 0. The number of anilines is 1. The van der Waals surface area contributed by atoms with Crippen molar-refractivity contribution in [3.63, 3.8) is 0 Å². The largest absolute Gasteiger partial charge is 0.382 e. The lowest BCUT2D eigenvalue weighted by molar-refractivity contribution is 0.0951. The van der Waals surface area contributed by atoms with Crippen LogP contribution in [0.3, 0.4) is 0 Å². The number of nitrogens with zero attached hydrogens (tertiary/aromatic N) is 1. The molecule has 0 unspecified atom stereocenters. The highest BCUT2D eigenvalue weighted by Gasteiger charge is 2.27. The van der Waals surface area contributed by atoms with Crippen molar-refractivity contribution >= 4 is 23.2 Å². The van der Waals surface area contributed by atoms with Crippen LogP contribution in [-0.2, 0) is 0 Å². The molecule has 0 radical (unpaired) electrons. The predicted molar refractivity (Wildman–Crippen MR) is 66.4 cm³/mol. The highest BCUT2D eigenvalue weighted by Crippen LogP contribution is 2.28. The Balaban J connectivity index is 1.81. The molecule has 1 heterocycles. The second-order valence-electron chi connectivity index (χ2n) is 4.72. The molecule has 0 bridgehead atoms. The fraction of sp³-hybridized carbons (Fsp3) is 0.500. The molecule has 1 aromatic rings. The van der Waals surface area contributed by atoms with Crippen molar-refractivity contribution in [1.29, 1.82) is 0 Å². The first-order valence-electron chi connectivity index (χ1n) is 5.95. The zero-order valence-electron chi connectivity index (χ0n) is 9.37. The van der Waals surface area contributed by atoms with E-state index in [1.165, 1.54) is 0 Å². The third-order valence-corrected chi connectivity index (χ3v) is 3.17. The summed E-state index contributed by atoms with van der Waals surface area (Å²) in [5.74, 6) is -0.0557. The van der Waals surface area contributed by atoms with Crippen LogP contribution in [0.1, 0.15) is 36.0 Å². The molecule has 0 saturated heterocycles. The van der Waals surface area contributed by atoms with E-state index in [1.807, 2.05) is 0 Å². The standard InChI is InChI=1S/C12H14ClN3O/c13-11-5-10(15-7-1-2-7)9(6-14-11)12(17)16-8-3-4-8/h5-8H,1-4H2,(H,14,15)(H,16,17). The van der Waals surface area contributed by atoms with Gasteiger partial charge in [0, 0.05) is 18.3 Å². The van der Waals surface area contributed by atoms with Crippen molar-refractivity contribution < 1.29 is 4.79 Å². The first kappa shape index (κ1) is 10.8. The molecule has 0 atom stereocenters. The number of amides is 1. The Morgan fingerprint density at radius 2 is 2.00 bits per heavy atom. The van der Waals surface area contributed by atoms with Gasteiger partial charge < -0.3 is 10.6 Å². The lowest BCUT2D eigenvalue weighted by Gasteiger charge is -2.11. The van der Waals surface area contributed by atoms with Gasteiger partial charge in [0.15, 0.2) is 0 Å². The number of pyridine rings is 1. The second kappa shape index (κ2) is 4.18. The van der Waals surface area contributed by atoms with E-state index in [1.54, 1.807) is 12.3 Å². The molecule has 90 valence electrons. The van der Waals surface area contributed by atoms with E-state index in [4.69, 9.17) is 11.6 Å². The summed E-state index contributed by atoms with van der Waals surface area (Å²) in [6.07, 6.45) is 6.02. The molecule has 2 aliphatic carbocycles. The predicted octanol–water partition coefficient (Wildman–Crippen LogP) is 2.20. The zero-order valence-corrected chi connectivity index (χ0v) is 10.1. The van der Waals surface area contributed by atoms with Crippen LogP contribution in [-0.4, -0.2) is 23.0 Å². The maximum Gasteiger partial charge on any atom is 0.255 e. The number of nitrogens with one attached hydrogen (secondary N) is 2. The molecule has 2 saturated carbocycles. The molecule has 0 spiro atoms. The molecule has 5 heteroatoms. The van der Waals surface area contributed by atoms with Gasteiger partial charge in [-0.2, -0.15) is 0 Å². The molecule has 3 rings (SSSR count). The Kier molecular flexibility index (Phi) is 2.67. The van der Waals surface area contributed by atoms with E-state index in [0.717, 1.165) is 31.4 Å². The quantitative estimate of drug-likeness (QED) is 0.807. The van der Waals surface area contributed by atoms with Gasteiger partial charge in [0.05, 0.1) is 11.3 Å². The smallest absolute Gasteiger partial charge is 0.255 e. The SMILES string of the molecule is O=C(NC1CC1)c1cnc(Cl)cc1NC1CC1. The molecule has 1 aromatic heterocycles. The number of hydrogen-bond acceptors (Lipinski definition) is 3. The fourth-order valence-electron chi connectivity index (χ4n) is 1.67. The summed E-state index contributed by atoms with van der Waals surface area (Å²) in [6, 6.07) is 2.56. The number of carbonyl (C=O) groups excluding carboxylic acids is 1. The first-order chi connectivity index (χ1) is 8.22. The number of halogens is 1. The third-order valence-electron chi connectivity index (χ3n) is 2.96. The minimum absolute atomic E-state index is 0.0557. The lowest BCUT2D eigenvalue weighted by Crippen LogP contribution is -2.26. The van der Waals surface area contributed by atoms with Gasteiger partial charge in [-0.1, -0.05) is 11.6 Å². The minimum Gasteiger partial charge on any atom is -0.382 e. The summed E-state index contributed by atoms with van der Waals surface area (Å²) >= 11 is 5.86. The van der Waals surface area contributed by atoms with Gasteiger partial charge in [-0.25, -0.2) is 4.98 Å². The van der Waals surface area contributed by atoms with Gasteiger partial charge in [-0.05, 0) is 31.7 Å². The molecule has 2 fully saturated rings. The normalized spacial score (nSPS) is 18.9.